The van der Waals surface area contributed by atoms with E-state index in [2.05, 4.69) is 49.2 Å². The van der Waals surface area contributed by atoms with Crippen LogP contribution in [0.1, 0.15) is 44.2 Å². The minimum atomic E-state index is 0.347. The molecule has 0 aromatic heterocycles. The first-order valence-electron chi connectivity index (χ1n) is 6.72. The van der Waals surface area contributed by atoms with Crippen molar-refractivity contribution in [2.75, 3.05) is 7.05 Å². The molecule has 94 valence electrons. The SMILES string of the molecule is C[C@H](c1ccccc1)N(C)[C@H]1CCCC[C@@H]1N. The zero-order valence-corrected chi connectivity index (χ0v) is 11.0. The van der Waals surface area contributed by atoms with Gasteiger partial charge in [0.25, 0.3) is 0 Å². The second kappa shape index (κ2) is 5.65. The Balaban J connectivity index is 2.06. The summed E-state index contributed by atoms with van der Waals surface area (Å²) in [5.74, 6) is 0. The van der Waals surface area contributed by atoms with Gasteiger partial charge >= 0.3 is 0 Å². The zero-order valence-electron chi connectivity index (χ0n) is 11.0. The lowest BCUT2D eigenvalue weighted by atomic mass is 9.89. The first-order valence-corrected chi connectivity index (χ1v) is 6.72. The standard InChI is InChI=1S/C15H24N2/c1-12(13-8-4-3-5-9-13)17(2)15-11-7-6-10-14(15)16/h3-5,8-9,12,14-15H,6-7,10-11,16H2,1-2H3/t12-,14+,15+/m1/s1. The van der Waals surface area contributed by atoms with Crippen LogP contribution in [0.2, 0.25) is 0 Å². The van der Waals surface area contributed by atoms with Gasteiger partial charge < -0.3 is 5.73 Å². The van der Waals surface area contributed by atoms with Crippen molar-refractivity contribution < 1.29 is 0 Å². The fraction of sp³-hybridized carbons (Fsp3) is 0.600. The first kappa shape index (κ1) is 12.6. The van der Waals surface area contributed by atoms with Gasteiger partial charge in [-0.2, -0.15) is 0 Å². The van der Waals surface area contributed by atoms with Crippen LogP contribution in [-0.4, -0.2) is 24.0 Å². The van der Waals surface area contributed by atoms with Crippen LogP contribution < -0.4 is 5.73 Å². The molecule has 0 unspecified atom stereocenters. The summed E-state index contributed by atoms with van der Waals surface area (Å²) in [4.78, 5) is 2.46. The molecule has 2 heteroatoms. The summed E-state index contributed by atoms with van der Waals surface area (Å²) in [7, 11) is 2.22. The fourth-order valence-corrected chi connectivity index (χ4v) is 2.90. The molecular weight excluding hydrogens is 208 g/mol. The van der Waals surface area contributed by atoms with Crippen molar-refractivity contribution in [3.05, 3.63) is 35.9 Å². The van der Waals surface area contributed by atoms with Crippen molar-refractivity contribution in [1.29, 1.82) is 0 Å². The highest BCUT2D eigenvalue weighted by Gasteiger charge is 2.28. The molecule has 2 rings (SSSR count). The third kappa shape index (κ3) is 2.88. The molecule has 1 saturated carbocycles. The molecule has 0 aliphatic heterocycles. The quantitative estimate of drug-likeness (QED) is 0.868. The molecule has 0 saturated heterocycles. The monoisotopic (exact) mass is 232 g/mol. The Hall–Kier alpha value is -0.860. The Bertz CT molecular complexity index is 336. The molecule has 0 amide bonds. The molecule has 1 fully saturated rings. The van der Waals surface area contributed by atoms with Crippen molar-refractivity contribution in [3.8, 4) is 0 Å². The maximum absolute atomic E-state index is 6.25. The molecule has 0 heterocycles. The van der Waals surface area contributed by atoms with Gasteiger partial charge in [-0.3, -0.25) is 4.90 Å². The highest BCUT2D eigenvalue weighted by molar-refractivity contribution is 5.18. The van der Waals surface area contributed by atoms with E-state index in [1.165, 1.54) is 31.2 Å². The smallest absolute Gasteiger partial charge is 0.0320 e. The van der Waals surface area contributed by atoms with Crippen LogP contribution >= 0.6 is 0 Å². The molecule has 0 bridgehead atoms. The van der Waals surface area contributed by atoms with Gasteiger partial charge in [0.15, 0.2) is 0 Å². The average molecular weight is 232 g/mol. The van der Waals surface area contributed by atoms with Gasteiger partial charge in [-0.05, 0) is 32.4 Å². The van der Waals surface area contributed by atoms with Crippen LogP contribution in [0.25, 0.3) is 0 Å². The van der Waals surface area contributed by atoms with Crippen molar-refractivity contribution in [3.63, 3.8) is 0 Å². The molecule has 17 heavy (non-hydrogen) atoms. The first-order chi connectivity index (χ1) is 8.20. The molecular formula is C15H24N2. The van der Waals surface area contributed by atoms with E-state index in [4.69, 9.17) is 5.73 Å². The van der Waals surface area contributed by atoms with E-state index >= 15 is 0 Å². The summed E-state index contributed by atoms with van der Waals surface area (Å²) in [6, 6.07) is 12.0. The normalized spacial score (nSPS) is 27.1. The highest BCUT2D eigenvalue weighted by Crippen LogP contribution is 2.27. The molecule has 0 radical (unpaired) electrons. The number of nitrogens with zero attached hydrogens (tertiary/aromatic N) is 1. The number of nitrogens with two attached hydrogens (primary N) is 1. The van der Waals surface area contributed by atoms with E-state index in [0.29, 0.717) is 18.1 Å². The molecule has 1 aromatic carbocycles. The van der Waals surface area contributed by atoms with Crippen LogP contribution in [0.5, 0.6) is 0 Å². The Labute approximate surface area is 105 Å². The lowest BCUT2D eigenvalue weighted by molar-refractivity contribution is 0.128. The van der Waals surface area contributed by atoms with Crippen LogP contribution in [0, 0.1) is 0 Å². The minimum Gasteiger partial charge on any atom is -0.326 e. The number of hydrogen-bond acceptors (Lipinski definition) is 2. The Morgan fingerprint density at radius 1 is 1.18 bits per heavy atom. The van der Waals surface area contributed by atoms with E-state index in [9.17, 15) is 0 Å². The average Bonchev–Trinajstić information content (AvgIpc) is 2.39. The lowest BCUT2D eigenvalue weighted by Crippen LogP contribution is -2.48. The van der Waals surface area contributed by atoms with Gasteiger partial charge in [0, 0.05) is 18.1 Å². The molecule has 1 aliphatic carbocycles. The number of rotatable bonds is 3. The van der Waals surface area contributed by atoms with E-state index in [1.807, 2.05) is 0 Å². The van der Waals surface area contributed by atoms with Crippen LogP contribution in [0.4, 0.5) is 0 Å². The highest BCUT2D eigenvalue weighted by atomic mass is 15.2. The topological polar surface area (TPSA) is 29.3 Å². The van der Waals surface area contributed by atoms with Crippen LogP contribution in [-0.2, 0) is 0 Å². The van der Waals surface area contributed by atoms with Crippen molar-refractivity contribution in [2.24, 2.45) is 5.73 Å². The Morgan fingerprint density at radius 3 is 2.47 bits per heavy atom. The van der Waals surface area contributed by atoms with E-state index < -0.39 is 0 Å². The minimum absolute atomic E-state index is 0.347. The van der Waals surface area contributed by atoms with Crippen LogP contribution in [0.3, 0.4) is 0 Å². The number of likely N-dealkylation sites (N-methyl/N-ethyl adjacent to an activating group) is 1. The lowest BCUT2D eigenvalue weighted by Gasteiger charge is -2.39. The molecule has 3 atom stereocenters. The van der Waals surface area contributed by atoms with Gasteiger partial charge in [0.2, 0.25) is 0 Å². The fourth-order valence-electron chi connectivity index (χ4n) is 2.90. The maximum Gasteiger partial charge on any atom is 0.0320 e. The van der Waals surface area contributed by atoms with Crippen molar-refractivity contribution >= 4 is 0 Å². The number of hydrogen-bond donors (Lipinski definition) is 1. The van der Waals surface area contributed by atoms with Gasteiger partial charge in [0.1, 0.15) is 0 Å². The van der Waals surface area contributed by atoms with Gasteiger partial charge in [-0.25, -0.2) is 0 Å². The van der Waals surface area contributed by atoms with Gasteiger partial charge in [0.05, 0.1) is 0 Å². The molecule has 1 aromatic rings. The maximum atomic E-state index is 6.25. The van der Waals surface area contributed by atoms with E-state index in [-0.39, 0.29) is 0 Å². The second-order valence-corrected chi connectivity index (χ2v) is 5.27. The van der Waals surface area contributed by atoms with Gasteiger partial charge in [-0.15, -0.1) is 0 Å². The number of benzene rings is 1. The second-order valence-electron chi connectivity index (χ2n) is 5.27. The third-order valence-corrected chi connectivity index (χ3v) is 4.20. The third-order valence-electron chi connectivity index (χ3n) is 4.20. The van der Waals surface area contributed by atoms with Gasteiger partial charge in [-0.1, -0.05) is 43.2 Å². The summed E-state index contributed by atoms with van der Waals surface area (Å²) in [5.41, 5.74) is 7.64. The molecule has 2 nitrogen and oxygen atoms in total. The molecule has 2 N–H and O–H groups in total. The Kier molecular flexibility index (Phi) is 4.19. The summed E-state index contributed by atoms with van der Waals surface area (Å²) in [6.45, 7) is 2.27. The van der Waals surface area contributed by atoms with Crippen molar-refractivity contribution in [1.82, 2.24) is 4.90 Å². The zero-order chi connectivity index (χ0) is 12.3. The summed E-state index contributed by atoms with van der Waals surface area (Å²) < 4.78 is 0. The molecule has 0 spiro atoms. The molecule has 1 aliphatic rings. The van der Waals surface area contributed by atoms with Crippen molar-refractivity contribution in [2.45, 2.75) is 50.7 Å². The summed E-state index contributed by atoms with van der Waals surface area (Å²) in [6.07, 6.45) is 5.04. The van der Waals surface area contributed by atoms with E-state index in [1.54, 1.807) is 0 Å². The van der Waals surface area contributed by atoms with Crippen LogP contribution in [0.15, 0.2) is 30.3 Å². The summed E-state index contributed by atoms with van der Waals surface area (Å²) >= 11 is 0. The summed E-state index contributed by atoms with van der Waals surface area (Å²) in [5, 5.41) is 0. The Morgan fingerprint density at radius 2 is 1.82 bits per heavy atom. The largest absolute Gasteiger partial charge is 0.326 e. The van der Waals surface area contributed by atoms with E-state index in [0.717, 1.165) is 0 Å². The predicted octanol–water partition coefficient (Wildman–Crippen LogP) is 2.95. The predicted molar refractivity (Wildman–Crippen MR) is 72.9 cm³/mol.